The Kier molecular flexibility index (Phi) is 4.72. The summed E-state index contributed by atoms with van der Waals surface area (Å²) in [7, 11) is 0. The molecule has 0 aliphatic rings. The largest absolute Gasteiger partial charge is 0.411 e. The second-order valence-electron chi connectivity index (χ2n) is 6.55. The Labute approximate surface area is 162 Å². The van der Waals surface area contributed by atoms with Gasteiger partial charge in [0.1, 0.15) is 11.3 Å². The second kappa shape index (κ2) is 7.48. The maximum Gasteiger partial charge on any atom is 0.223 e. The van der Waals surface area contributed by atoms with Crippen molar-refractivity contribution < 1.29 is 5.21 Å². The fourth-order valence-corrected chi connectivity index (χ4v) is 3.17. The highest BCUT2D eigenvalue weighted by Crippen LogP contribution is 2.25. The zero-order valence-corrected chi connectivity index (χ0v) is 15.6. The number of hydrogen-bond donors (Lipinski definition) is 2. The van der Waals surface area contributed by atoms with Gasteiger partial charge in [0.25, 0.3) is 0 Å². The molecule has 3 aromatic heterocycles. The molecule has 4 aromatic rings. The van der Waals surface area contributed by atoms with Gasteiger partial charge in [-0.15, -0.1) is 0 Å². The van der Waals surface area contributed by atoms with E-state index in [4.69, 9.17) is 10.2 Å². The molecule has 28 heavy (non-hydrogen) atoms. The van der Waals surface area contributed by atoms with Crippen LogP contribution < -0.4 is 5.32 Å². The van der Waals surface area contributed by atoms with Crippen LogP contribution in [-0.4, -0.2) is 30.8 Å². The van der Waals surface area contributed by atoms with E-state index in [1.54, 1.807) is 12.4 Å². The molecule has 0 amide bonds. The number of fused-ring (bicyclic) bond motifs is 1. The molecule has 0 spiro atoms. The van der Waals surface area contributed by atoms with E-state index in [0.29, 0.717) is 17.2 Å². The number of oxime groups is 1. The smallest absolute Gasteiger partial charge is 0.223 e. The first-order valence-electron chi connectivity index (χ1n) is 8.96. The summed E-state index contributed by atoms with van der Waals surface area (Å²) < 4.78 is 1.97. The molecule has 1 atom stereocenters. The molecule has 3 heterocycles. The third-order valence-corrected chi connectivity index (χ3v) is 4.63. The van der Waals surface area contributed by atoms with E-state index in [9.17, 15) is 0 Å². The number of anilines is 1. The first kappa shape index (κ1) is 17.7. The highest BCUT2D eigenvalue weighted by atomic mass is 16.4. The van der Waals surface area contributed by atoms with Gasteiger partial charge in [-0.2, -0.15) is 0 Å². The molecular weight excluding hydrogens is 352 g/mol. The van der Waals surface area contributed by atoms with Crippen molar-refractivity contribution in [2.24, 2.45) is 5.16 Å². The van der Waals surface area contributed by atoms with E-state index in [0.717, 1.165) is 22.5 Å². The molecule has 0 unspecified atom stereocenters. The van der Waals surface area contributed by atoms with Crippen molar-refractivity contribution in [2.75, 3.05) is 5.32 Å². The van der Waals surface area contributed by atoms with Crippen LogP contribution in [0.2, 0.25) is 0 Å². The second-order valence-corrected chi connectivity index (χ2v) is 6.55. The van der Waals surface area contributed by atoms with Crippen LogP contribution in [0.15, 0.2) is 66.2 Å². The third kappa shape index (κ3) is 3.29. The minimum Gasteiger partial charge on any atom is -0.411 e. The molecule has 2 N–H and O–H groups in total. The fraction of sp³-hybridized carbons (Fsp3) is 0.143. The third-order valence-electron chi connectivity index (χ3n) is 4.63. The number of benzene rings is 1. The summed E-state index contributed by atoms with van der Waals surface area (Å²) in [5.74, 6) is 0.490. The van der Waals surface area contributed by atoms with Gasteiger partial charge in [0.15, 0.2) is 0 Å². The number of imidazole rings is 1. The first-order chi connectivity index (χ1) is 13.7. The normalized spacial score (nSPS) is 12.5. The molecule has 1 aromatic carbocycles. The highest BCUT2D eigenvalue weighted by Gasteiger charge is 2.15. The summed E-state index contributed by atoms with van der Waals surface area (Å²) in [4.78, 5) is 13.6. The topological polar surface area (TPSA) is 87.7 Å². The summed E-state index contributed by atoms with van der Waals surface area (Å²) in [5.41, 5.74) is 5.09. The van der Waals surface area contributed by atoms with E-state index < -0.39 is 0 Å². The summed E-state index contributed by atoms with van der Waals surface area (Å²) in [6.07, 6.45) is 6.67. The number of nitrogens with zero attached hydrogens (tertiary/aromatic N) is 5. The van der Waals surface area contributed by atoms with Gasteiger partial charge in [-0.05, 0) is 31.0 Å². The minimum atomic E-state index is 0.0378. The zero-order chi connectivity index (χ0) is 19.5. The summed E-state index contributed by atoms with van der Waals surface area (Å²) >= 11 is 0. The Balaban J connectivity index is 1.77. The molecule has 7 nitrogen and oxygen atoms in total. The summed E-state index contributed by atoms with van der Waals surface area (Å²) in [5, 5.41) is 15.5. The SMILES string of the molecule is Cc1cccn2c(-c3nc(N[C@@H](C)c4ccccc4)ncc3C=NO)cnc12. The van der Waals surface area contributed by atoms with Crippen molar-refractivity contribution >= 4 is 17.8 Å². The van der Waals surface area contributed by atoms with Gasteiger partial charge in [0.2, 0.25) is 5.95 Å². The standard InChI is InChI=1S/C21H20N6O/c1-14-7-6-10-27-18(13-22-20(14)27)19-17(12-24-28)11-23-21(26-19)25-15(2)16-8-4-3-5-9-16/h3-13,15,28H,1-2H3,(H,23,25,26)/t15-/m0/s1. The molecule has 0 bridgehead atoms. The maximum atomic E-state index is 9.04. The number of pyridine rings is 1. The number of hydrogen-bond acceptors (Lipinski definition) is 6. The monoisotopic (exact) mass is 372 g/mol. The van der Waals surface area contributed by atoms with Gasteiger partial charge in [0, 0.05) is 18.0 Å². The lowest BCUT2D eigenvalue weighted by atomic mass is 10.1. The van der Waals surface area contributed by atoms with Crippen LogP contribution in [0, 0.1) is 6.92 Å². The van der Waals surface area contributed by atoms with Gasteiger partial charge >= 0.3 is 0 Å². The Hall–Kier alpha value is -3.74. The highest BCUT2D eigenvalue weighted by molar-refractivity contribution is 5.88. The van der Waals surface area contributed by atoms with Crippen LogP contribution in [0.4, 0.5) is 5.95 Å². The van der Waals surface area contributed by atoms with E-state index >= 15 is 0 Å². The summed E-state index contributed by atoms with van der Waals surface area (Å²) in [6, 6.07) is 14.1. The molecule has 0 aliphatic heterocycles. The van der Waals surface area contributed by atoms with E-state index in [1.807, 2.05) is 47.9 Å². The lowest BCUT2D eigenvalue weighted by Crippen LogP contribution is -2.10. The van der Waals surface area contributed by atoms with E-state index in [-0.39, 0.29) is 6.04 Å². The van der Waals surface area contributed by atoms with Gasteiger partial charge in [-0.1, -0.05) is 41.6 Å². The Bertz CT molecular complexity index is 1140. The predicted molar refractivity (Wildman–Crippen MR) is 109 cm³/mol. The first-order valence-corrected chi connectivity index (χ1v) is 8.96. The van der Waals surface area contributed by atoms with Crippen LogP contribution >= 0.6 is 0 Å². The lowest BCUT2D eigenvalue weighted by molar-refractivity contribution is 0.322. The van der Waals surface area contributed by atoms with Crippen LogP contribution in [0.3, 0.4) is 0 Å². The summed E-state index contributed by atoms with van der Waals surface area (Å²) in [6.45, 7) is 4.07. The van der Waals surface area contributed by atoms with Crippen molar-refractivity contribution in [3.8, 4) is 11.4 Å². The fourth-order valence-electron chi connectivity index (χ4n) is 3.17. The average molecular weight is 372 g/mol. The van der Waals surface area contributed by atoms with Crippen molar-refractivity contribution in [1.29, 1.82) is 0 Å². The van der Waals surface area contributed by atoms with Gasteiger partial charge in [0.05, 0.1) is 24.1 Å². The Morgan fingerprint density at radius 1 is 1.11 bits per heavy atom. The lowest BCUT2D eigenvalue weighted by Gasteiger charge is -2.15. The van der Waals surface area contributed by atoms with Crippen LogP contribution in [0.5, 0.6) is 0 Å². The zero-order valence-electron chi connectivity index (χ0n) is 15.6. The van der Waals surface area contributed by atoms with Gasteiger partial charge < -0.3 is 10.5 Å². The Morgan fingerprint density at radius 3 is 2.71 bits per heavy atom. The van der Waals surface area contributed by atoms with Gasteiger partial charge in [-0.25, -0.2) is 15.0 Å². The van der Waals surface area contributed by atoms with Gasteiger partial charge in [-0.3, -0.25) is 4.40 Å². The number of aryl methyl sites for hydroxylation is 1. The van der Waals surface area contributed by atoms with Crippen molar-refractivity contribution in [3.05, 3.63) is 77.7 Å². The molecule has 7 heteroatoms. The molecule has 0 fully saturated rings. The molecular formula is C21H20N6O. The molecule has 0 saturated heterocycles. The molecule has 140 valence electrons. The van der Waals surface area contributed by atoms with E-state index in [2.05, 4.69) is 39.5 Å². The van der Waals surface area contributed by atoms with Crippen LogP contribution in [-0.2, 0) is 0 Å². The van der Waals surface area contributed by atoms with E-state index in [1.165, 1.54) is 6.21 Å². The molecule has 0 aliphatic carbocycles. The van der Waals surface area contributed by atoms with Crippen molar-refractivity contribution in [1.82, 2.24) is 19.4 Å². The van der Waals surface area contributed by atoms with Crippen molar-refractivity contribution in [3.63, 3.8) is 0 Å². The molecule has 0 saturated carbocycles. The molecule has 4 rings (SSSR count). The minimum absolute atomic E-state index is 0.0378. The quantitative estimate of drug-likeness (QED) is 0.313. The van der Waals surface area contributed by atoms with Crippen LogP contribution in [0.1, 0.15) is 29.7 Å². The number of nitrogens with one attached hydrogen (secondary N) is 1. The van der Waals surface area contributed by atoms with Crippen LogP contribution in [0.25, 0.3) is 17.0 Å². The predicted octanol–water partition coefficient (Wildman–Crippen LogP) is 4.08. The van der Waals surface area contributed by atoms with Crippen molar-refractivity contribution in [2.45, 2.75) is 19.9 Å². The Morgan fingerprint density at radius 2 is 1.93 bits per heavy atom. The maximum absolute atomic E-state index is 9.04. The average Bonchev–Trinajstić information content (AvgIpc) is 3.15. The molecule has 0 radical (unpaired) electrons. The number of rotatable bonds is 5. The number of aromatic nitrogens is 4.